The topological polar surface area (TPSA) is 61.7 Å². The van der Waals surface area contributed by atoms with Gasteiger partial charge >= 0.3 is 12.4 Å². The fourth-order valence-corrected chi connectivity index (χ4v) is 4.43. The van der Waals surface area contributed by atoms with Gasteiger partial charge in [-0.1, -0.05) is 0 Å². The first kappa shape index (κ1) is 30.2. The van der Waals surface area contributed by atoms with Crippen LogP contribution in [-0.2, 0) is 21.8 Å². The zero-order valence-corrected chi connectivity index (χ0v) is 22.0. The number of rotatable bonds is 8. The highest BCUT2D eigenvalue weighted by atomic mass is 19.4. The van der Waals surface area contributed by atoms with Gasteiger partial charge in [-0.05, 0) is 50.2 Å². The van der Waals surface area contributed by atoms with Gasteiger partial charge in [0, 0.05) is 37.6 Å². The molecule has 0 saturated carbocycles. The fraction of sp³-hybridized carbons (Fsp3) is 0.462. The molecule has 0 amide bonds. The van der Waals surface area contributed by atoms with Gasteiger partial charge < -0.3 is 19.3 Å². The Balaban J connectivity index is 1.38. The maximum Gasteiger partial charge on any atom is 0.416 e. The standard InChI is InChI=1S/C26H27F8N5O2/c1-3-38(21-7-15(25(29,30)31)5-17(27)9-21)11-19-13-40-23(35-19)37-24-36-20(14-41-24)12-39(4-2)22-8-16(26(32,33)34)6-18(28)10-22/h5-10,19-20H,3-4,11-14H2,1-2H3,(H,35,36,37). The Hall–Kier alpha value is -3.78. The molecular formula is C26H27F8N5O2. The van der Waals surface area contributed by atoms with Crippen LogP contribution in [0.25, 0.3) is 0 Å². The summed E-state index contributed by atoms with van der Waals surface area (Å²) < 4.78 is 118. The Bertz CT molecular complexity index is 1200. The van der Waals surface area contributed by atoms with Gasteiger partial charge in [0.15, 0.2) is 0 Å². The van der Waals surface area contributed by atoms with Crippen LogP contribution < -0.4 is 15.1 Å². The van der Waals surface area contributed by atoms with Gasteiger partial charge in [0.25, 0.3) is 12.0 Å². The number of amidine groups is 2. The molecule has 1 N–H and O–H groups in total. The van der Waals surface area contributed by atoms with Crippen molar-refractivity contribution in [2.75, 3.05) is 49.2 Å². The summed E-state index contributed by atoms with van der Waals surface area (Å²) in [6.07, 6.45) is -9.39. The van der Waals surface area contributed by atoms with Gasteiger partial charge in [-0.2, -0.15) is 26.3 Å². The van der Waals surface area contributed by atoms with Crippen LogP contribution >= 0.6 is 0 Å². The summed E-state index contributed by atoms with van der Waals surface area (Å²) in [5, 5.41) is 2.78. The molecule has 4 rings (SSSR count). The van der Waals surface area contributed by atoms with Gasteiger partial charge in [-0.25, -0.2) is 18.8 Å². The minimum atomic E-state index is -4.70. The number of likely N-dealkylation sites (N-methyl/N-ethyl adjacent to an activating group) is 2. The molecular weight excluding hydrogens is 566 g/mol. The summed E-state index contributed by atoms with van der Waals surface area (Å²) in [6.45, 7) is 4.50. The Morgan fingerprint density at radius 1 is 0.707 bits per heavy atom. The predicted octanol–water partition coefficient (Wildman–Crippen LogP) is 5.45. The molecule has 2 aliphatic rings. The summed E-state index contributed by atoms with van der Waals surface area (Å²) >= 11 is 0. The Kier molecular flexibility index (Phi) is 8.83. The number of hydrogen-bond acceptors (Lipinski definition) is 7. The quantitative estimate of drug-likeness (QED) is 0.413. The molecule has 0 fully saturated rings. The third-order valence-corrected chi connectivity index (χ3v) is 6.41. The zero-order chi connectivity index (χ0) is 29.9. The number of benzene rings is 2. The van der Waals surface area contributed by atoms with Crippen LogP contribution in [0.2, 0.25) is 0 Å². The van der Waals surface area contributed by atoms with Crippen molar-refractivity contribution in [3.05, 3.63) is 59.2 Å². The molecule has 224 valence electrons. The van der Waals surface area contributed by atoms with E-state index in [9.17, 15) is 35.1 Å². The summed E-state index contributed by atoms with van der Waals surface area (Å²) in [6, 6.07) is 3.81. The van der Waals surface area contributed by atoms with Crippen LogP contribution in [0.5, 0.6) is 0 Å². The van der Waals surface area contributed by atoms with Gasteiger partial charge in [0.1, 0.15) is 36.9 Å². The van der Waals surface area contributed by atoms with Crippen molar-refractivity contribution in [1.82, 2.24) is 5.32 Å². The second kappa shape index (κ2) is 12.0. The fourth-order valence-electron chi connectivity index (χ4n) is 4.43. The van der Waals surface area contributed by atoms with E-state index in [-0.39, 0.29) is 62.8 Å². The molecule has 2 heterocycles. The number of aliphatic imine (C=N–C) groups is 2. The largest absolute Gasteiger partial charge is 0.463 e. The van der Waals surface area contributed by atoms with E-state index in [1.54, 1.807) is 23.6 Å². The first-order valence-corrected chi connectivity index (χ1v) is 12.7. The van der Waals surface area contributed by atoms with Crippen LogP contribution in [0.15, 0.2) is 46.4 Å². The first-order chi connectivity index (χ1) is 19.2. The molecule has 41 heavy (non-hydrogen) atoms. The molecule has 2 aromatic carbocycles. The SMILES string of the molecule is CCN(CC1COC(NC2=NC(CN(CC)c3cc(F)cc(C(F)(F)F)c3)CO2)=N1)c1cc(F)cc(C(F)(F)F)c1. The molecule has 0 spiro atoms. The van der Waals surface area contributed by atoms with Crippen molar-refractivity contribution in [3.8, 4) is 0 Å². The lowest BCUT2D eigenvalue weighted by Crippen LogP contribution is -2.32. The molecule has 7 nitrogen and oxygen atoms in total. The van der Waals surface area contributed by atoms with E-state index in [1.807, 2.05) is 0 Å². The normalized spacial score (nSPS) is 18.9. The minimum Gasteiger partial charge on any atom is -0.463 e. The van der Waals surface area contributed by atoms with Crippen molar-refractivity contribution in [3.63, 3.8) is 0 Å². The second-order valence-electron chi connectivity index (χ2n) is 9.39. The van der Waals surface area contributed by atoms with E-state index >= 15 is 0 Å². The van der Waals surface area contributed by atoms with Gasteiger partial charge in [-0.3, -0.25) is 5.32 Å². The number of halogens is 8. The van der Waals surface area contributed by atoms with Gasteiger partial charge in [0.2, 0.25) is 0 Å². The van der Waals surface area contributed by atoms with E-state index in [4.69, 9.17) is 9.47 Å². The van der Waals surface area contributed by atoms with Crippen molar-refractivity contribution in [2.45, 2.75) is 38.3 Å². The highest BCUT2D eigenvalue weighted by molar-refractivity contribution is 5.94. The first-order valence-electron chi connectivity index (χ1n) is 12.7. The maximum absolute atomic E-state index is 13.9. The summed E-state index contributed by atoms with van der Waals surface area (Å²) in [4.78, 5) is 11.8. The maximum atomic E-state index is 13.9. The number of anilines is 2. The van der Waals surface area contributed by atoms with Crippen LogP contribution in [0, 0.1) is 11.6 Å². The molecule has 0 radical (unpaired) electrons. The molecule has 2 atom stereocenters. The number of nitrogens with zero attached hydrogens (tertiary/aromatic N) is 4. The number of hydrogen-bond donors (Lipinski definition) is 1. The zero-order valence-electron chi connectivity index (χ0n) is 22.0. The van der Waals surface area contributed by atoms with E-state index in [2.05, 4.69) is 15.3 Å². The van der Waals surface area contributed by atoms with Gasteiger partial charge in [-0.15, -0.1) is 0 Å². The van der Waals surface area contributed by atoms with Crippen molar-refractivity contribution in [1.29, 1.82) is 0 Å². The van der Waals surface area contributed by atoms with E-state index in [0.29, 0.717) is 12.1 Å². The summed E-state index contributed by atoms with van der Waals surface area (Å²) in [5.74, 6) is -2.01. The van der Waals surface area contributed by atoms with Crippen LogP contribution in [0.3, 0.4) is 0 Å². The third-order valence-electron chi connectivity index (χ3n) is 6.41. The number of alkyl halides is 6. The third kappa shape index (κ3) is 7.70. The molecule has 0 aliphatic carbocycles. The Morgan fingerprint density at radius 3 is 1.44 bits per heavy atom. The molecule has 2 aliphatic heterocycles. The van der Waals surface area contributed by atoms with E-state index in [1.165, 1.54) is 0 Å². The lowest BCUT2D eigenvalue weighted by Gasteiger charge is -2.25. The van der Waals surface area contributed by atoms with Crippen LogP contribution in [0.4, 0.5) is 46.5 Å². The summed E-state index contributed by atoms with van der Waals surface area (Å²) in [7, 11) is 0. The Labute approximate surface area is 230 Å². The lowest BCUT2D eigenvalue weighted by atomic mass is 10.1. The molecule has 2 aromatic rings. The number of nitrogens with one attached hydrogen (secondary N) is 1. The second-order valence-corrected chi connectivity index (χ2v) is 9.39. The number of ether oxygens (including phenoxy) is 2. The highest BCUT2D eigenvalue weighted by Gasteiger charge is 2.34. The molecule has 15 heteroatoms. The van der Waals surface area contributed by atoms with Gasteiger partial charge in [0.05, 0.1) is 11.1 Å². The predicted molar refractivity (Wildman–Crippen MR) is 136 cm³/mol. The van der Waals surface area contributed by atoms with Crippen LogP contribution in [-0.4, -0.2) is 63.5 Å². The molecule has 0 bridgehead atoms. The average molecular weight is 594 g/mol. The van der Waals surface area contributed by atoms with Crippen molar-refractivity contribution < 1.29 is 44.6 Å². The molecule has 2 unspecified atom stereocenters. The lowest BCUT2D eigenvalue weighted by molar-refractivity contribution is -0.138. The van der Waals surface area contributed by atoms with Crippen molar-refractivity contribution >= 4 is 23.4 Å². The minimum absolute atomic E-state index is 0.0592. The summed E-state index contributed by atoms with van der Waals surface area (Å²) in [5.41, 5.74) is -2.07. The monoisotopic (exact) mass is 593 g/mol. The van der Waals surface area contributed by atoms with Crippen LogP contribution in [0.1, 0.15) is 25.0 Å². The Morgan fingerprint density at radius 2 is 1.10 bits per heavy atom. The molecule has 0 saturated heterocycles. The van der Waals surface area contributed by atoms with E-state index in [0.717, 1.165) is 24.3 Å². The highest BCUT2D eigenvalue weighted by Crippen LogP contribution is 2.34. The molecule has 0 aromatic heterocycles. The van der Waals surface area contributed by atoms with Crippen molar-refractivity contribution in [2.24, 2.45) is 9.98 Å². The smallest absolute Gasteiger partial charge is 0.416 e. The van der Waals surface area contributed by atoms with E-state index < -0.39 is 47.2 Å². The average Bonchev–Trinajstić information content (AvgIpc) is 3.53.